The van der Waals surface area contributed by atoms with Crippen molar-refractivity contribution in [3.05, 3.63) is 5.82 Å². The van der Waals surface area contributed by atoms with Crippen LogP contribution in [0.5, 0.6) is 0 Å². The molecule has 0 aromatic carbocycles. The van der Waals surface area contributed by atoms with E-state index in [0.717, 1.165) is 30.5 Å². The summed E-state index contributed by atoms with van der Waals surface area (Å²) in [6.45, 7) is 8.24. The number of nitrogens with two attached hydrogens (primary N) is 1. The summed E-state index contributed by atoms with van der Waals surface area (Å²) in [5.74, 6) is 0.958. The van der Waals surface area contributed by atoms with Gasteiger partial charge in [-0.1, -0.05) is 20.8 Å². The Morgan fingerprint density at radius 1 is 1.39 bits per heavy atom. The lowest BCUT2D eigenvalue weighted by Crippen LogP contribution is -2.41. The van der Waals surface area contributed by atoms with E-state index in [1.165, 1.54) is 30.8 Å². The number of nitrogens with zero attached hydrogens (tertiary/aromatic N) is 3. The van der Waals surface area contributed by atoms with Crippen LogP contribution in [0.1, 0.15) is 52.3 Å². The molecule has 0 bridgehead atoms. The van der Waals surface area contributed by atoms with Gasteiger partial charge in [0.2, 0.25) is 5.13 Å². The van der Waals surface area contributed by atoms with Crippen molar-refractivity contribution < 1.29 is 0 Å². The summed E-state index contributed by atoms with van der Waals surface area (Å²) >= 11 is 1.54. The van der Waals surface area contributed by atoms with Crippen LogP contribution in [0.25, 0.3) is 0 Å². The van der Waals surface area contributed by atoms with Crippen LogP contribution in [0, 0.1) is 0 Å². The molecule has 0 saturated heterocycles. The van der Waals surface area contributed by atoms with E-state index in [0.29, 0.717) is 6.04 Å². The smallest absolute Gasteiger partial charge is 0.205 e. The molecule has 0 radical (unpaired) electrons. The number of anilines is 1. The Morgan fingerprint density at radius 3 is 2.56 bits per heavy atom. The third-order valence-corrected chi connectivity index (χ3v) is 4.20. The summed E-state index contributed by atoms with van der Waals surface area (Å²) in [5, 5.41) is 1.08. The zero-order chi connectivity index (χ0) is 13.2. The highest BCUT2D eigenvalue weighted by molar-refractivity contribution is 7.09. The van der Waals surface area contributed by atoms with Crippen LogP contribution in [0.2, 0.25) is 0 Å². The fraction of sp³-hybridized carbons (Fsp3) is 0.846. The lowest BCUT2D eigenvalue weighted by atomic mass is 9.91. The lowest BCUT2D eigenvalue weighted by molar-refractivity contribution is 0.384. The fourth-order valence-electron chi connectivity index (χ4n) is 2.03. The van der Waals surface area contributed by atoms with E-state index in [4.69, 9.17) is 10.7 Å². The number of rotatable bonds is 5. The maximum absolute atomic E-state index is 5.63. The zero-order valence-electron chi connectivity index (χ0n) is 11.6. The second-order valence-electron chi connectivity index (χ2n) is 6.07. The molecule has 1 saturated carbocycles. The second kappa shape index (κ2) is 5.53. The van der Waals surface area contributed by atoms with Crippen LogP contribution in [0.4, 0.5) is 5.13 Å². The van der Waals surface area contributed by atoms with Crippen molar-refractivity contribution >= 4 is 16.7 Å². The molecule has 0 atom stereocenters. The van der Waals surface area contributed by atoms with Gasteiger partial charge in [0.15, 0.2) is 0 Å². The van der Waals surface area contributed by atoms with Gasteiger partial charge in [0.25, 0.3) is 0 Å². The third-order valence-electron chi connectivity index (χ3n) is 3.45. The molecule has 18 heavy (non-hydrogen) atoms. The third kappa shape index (κ3) is 3.01. The monoisotopic (exact) mass is 268 g/mol. The Morgan fingerprint density at radius 2 is 2.11 bits per heavy atom. The molecule has 1 aromatic rings. The molecular weight excluding hydrogens is 244 g/mol. The SMILES string of the molecule is CC(C)(C)c1nsc(N(CCCN)C2CCC2)n1. The highest BCUT2D eigenvalue weighted by Crippen LogP contribution is 2.32. The summed E-state index contributed by atoms with van der Waals surface area (Å²) in [6.07, 6.45) is 4.94. The molecule has 0 amide bonds. The van der Waals surface area contributed by atoms with Gasteiger partial charge in [-0.25, -0.2) is 4.98 Å². The minimum absolute atomic E-state index is 0.0356. The van der Waals surface area contributed by atoms with Crippen molar-refractivity contribution in [2.75, 3.05) is 18.0 Å². The first-order valence-electron chi connectivity index (χ1n) is 6.83. The van der Waals surface area contributed by atoms with Gasteiger partial charge in [0.1, 0.15) is 5.82 Å². The van der Waals surface area contributed by atoms with E-state index in [1.54, 1.807) is 0 Å². The molecule has 0 spiro atoms. The summed E-state index contributed by atoms with van der Waals surface area (Å²) in [6, 6.07) is 0.664. The van der Waals surface area contributed by atoms with Gasteiger partial charge in [-0.15, -0.1) is 0 Å². The zero-order valence-corrected chi connectivity index (χ0v) is 12.5. The van der Waals surface area contributed by atoms with Crippen LogP contribution < -0.4 is 10.6 Å². The van der Waals surface area contributed by atoms with Crippen molar-refractivity contribution in [2.45, 2.75) is 57.9 Å². The van der Waals surface area contributed by atoms with Crippen LogP contribution in [0.3, 0.4) is 0 Å². The highest BCUT2D eigenvalue weighted by atomic mass is 32.1. The van der Waals surface area contributed by atoms with E-state index >= 15 is 0 Å². The van der Waals surface area contributed by atoms with E-state index in [1.807, 2.05) is 0 Å². The van der Waals surface area contributed by atoms with Crippen LogP contribution in [-0.4, -0.2) is 28.5 Å². The normalized spacial score (nSPS) is 16.7. The maximum atomic E-state index is 5.63. The standard InChI is InChI=1S/C13H24N4S/c1-13(2,3)11-15-12(18-16-11)17(9-5-8-14)10-6-4-7-10/h10H,4-9,14H2,1-3H3. The quantitative estimate of drug-likeness (QED) is 0.891. The molecule has 102 valence electrons. The van der Waals surface area contributed by atoms with Gasteiger partial charge in [0, 0.05) is 29.5 Å². The summed E-state index contributed by atoms with van der Waals surface area (Å²) in [5.41, 5.74) is 5.67. The topological polar surface area (TPSA) is 55.0 Å². The Balaban J connectivity index is 2.11. The molecule has 1 aliphatic carbocycles. The van der Waals surface area contributed by atoms with Crippen LogP contribution >= 0.6 is 11.5 Å². The van der Waals surface area contributed by atoms with Crippen molar-refractivity contribution in [3.8, 4) is 0 Å². The van der Waals surface area contributed by atoms with Gasteiger partial charge in [-0.3, -0.25) is 0 Å². The first-order valence-corrected chi connectivity index (χ1v) is 7.60. The van der Waals surface area contributed by atoms with Crippen LogP contribution in [-0.2, 0) is 5.41 Å². The molecule has 2 rings (SSSR count). The minimum Gasteiger partial charge on any atom is -0.344 e. The lowest BCUT2D eigenvalue weighted by Gasteiger charge is -2.37. The molecule has 5 heteroatoms. The van der Waals surface area contributed by atoms with Gasteiger partial charge in [-0.05, 0) is 32.2 Å². The average Bonchev–Trinajstić information content (AvgIpc) is 2.69. The molecule has 0 unspecified atom stereocenters. The maximum Gasteiger partial charge on any atom is 0.205 e. The van der Waals surface area contributed by atoms with E-state index in [-0.39, 0.29) is 5.41 Å². The van der Waals surface area contributed by atoms with Crippen molar-refractivity contribution in [3.63, 3.8) is 0 Å². The van der Waals surface area contributed by atoms with Gasteiger partial charge >= 0.3 is 0 Å². The van der Waals surface area contributed by atoms with Crippen molar-refractivity contribution in [2.24, 2.45) is 5.73 Å². The van der Waals surface area contributed by atoms with Gasteiger partial charge in [0.05, 0.1) is 0 Å². The second-order valence-corrected chi connectivity index (χ2v) is 6.80. The van der Waals surface area contributed by atoms with E-state index in [2.05, 4.69) is 30.0 Å². The van der Waals surface area contributed by atoms with Gasteiger partial charge in [-0.2, -0.15) is 4.37 Å². The molecule has 1 aromatic heterocycles. The van der Waals surface area contributed by atoms with Crippen molar-refractivity contribution in [1.82, 2.24) is 9.36 Å². The molecule has 0 aliphatic heterocycles. The molecule has 4 nitrogen and oxygen atoms in total. The fourth-order valence-corrected chi connectivity index (χ4v) is 2.99. The Kier molecular flexibility index (Phi) is 4.22. The van der Waals surface area contributed by atoms with E-state index in [9.17, 15) is 0 Å². The Bertz CT molecular complexity index is 379. The molecule has 1 aliphatic rings. The summed E-state index contributed by atoms with van der Waals surface area (Å²) in [4.78, 5) is 7.15. The predicted octanol–water partition coefficient (Wildman–Crippen LogP) is 2.54. The number of hydrogen-bond acceptors (Lipinski definition) is 5. The average molecular weight is 268 g/mol. The predicted molar refractivity (Wildman–Crippen MR) is 77.3 cm³/mol. The largest absolute Gasteiger partial charge is 0.344 e. The molecule has 2 N–H and O–H groups in total. The van der Waals surface area contributed by atoms with Crippen LogP contribution in [0.15, 0.2) is 0 Å². The first kappa shape index (κ1) is 13.7. The van der Waals surface area contributed by atoms with Crippen molar-refractivity contribution in [1.29, 1.82) is 0 Å². The first-order chi connectivity index (χ1) is 8.52. The Hall–Kier alpha value is -0.680. The van der Waals surface area contributed by atoms with Gasteiger partial charge < -0.3 is 10.6 Å². The molecule has 1 heterocycles. The molecule has 1 fully saturated rings. The molecular formula is C13H24N4S. The number of hydrogen-bond donors (Lipinski definition) is 1. The highest BCUT2D eigenvalue weighted by Gasteiger charge is 2.28. The minimum atomic E-state index is 0.0356. The number of aromatic nitrogens is 2. The summed E-state index contributed by atoms with van der Waals surface area (Å²) in [7, 11) is 0. The van der Waals surface area contributed by atoms with E-state index < -0.39 is 0 Å². The Labute approximate surface area is 114 Å². The summed E-state index contributed by atoms with van der Waals surface area (Å²) < 4.78 is 4.51.